The highest BCUT2D eigenvalue weighted by atomic mass is 16.7. The zero-order valence-electron chi connectivity index (χ0n) is 8.31. The number of hydrogen-bond acceptors (Lipinski definition) is 2. The molecule has 0 aromatic rings. The van der Waals surface area contributed by atoms with Gasteiger partial charge in [-0.3, -0.25) is 0 Å². The molecule has 0 spiro atoms. The summed E-state index contributed by atoms with van der Waals surface area (Å²) < 4.78 is 10.6. The molecule has 1 saturated heterocycles. The third kappa shape index (κ3) is 4.38. The SMILES string of the molecule is CC.CC1OCCC(C)(C)O1. The summed E-state index contributed by atoms with van der Waals surface area (Å²) in [7, 11) is 0. The van der Waals surface area contributed by atoms with E-state index in [9.17, 15) is 0 Å². The summed E-state index contributed by atoms with van der Waals surface area (Å²) in [5.41, 5.74) is 0.0255. The van der Waals surface area contributed by atoms with E-state index in [1.54, 1.807) is 0 Å². The molecular weight excluding hydrogens is 140 g/mol. The summed E-state index contributed by atoms with van der Waals surface area (Å²) in [4.78, 5) is 0. The minimum absolute atomic E-state index is 0.0197. The maximum Gasteiger partial charge on any atom is 0.155 e. The van der Waals surface area contributed by atoms with Crippen molar-refractivity contribution in [3.8, 4) is 0 Å². The Kier molecular flexibility index (Phi) is 4.69. The molecule has 68 valence electrons. The molecular formula is C9H20O2. The summed E-state index contributed by atoms with van der Waals surface area (Å²) >= 11 is 0. The molecule has 0 bridgehead atoms. The van der Waals surface area contributed by atoms with E-state index in [2.05, 4.69) is 13.8 Å². The molecule has 0 saturated carbocycles. The third-order valence-electron chi connectivity index (χ3n) is 1.54. The van der Waals surface area contributed by atoms with Crippen molar-refractivity contribution >= 4 is 0 Å². The van der Waals surface area contributed by atoms with E-state index in [1.807, 2.05) is 20.8 Å². The van der Waals surface area contributed by atoms with Crippen molar-refractivity contribution < 1.29 is 9.47 Å². The van der Waals surface area contributed by atoms with Crippen molar-refractivity contribution in [2.45, 2.75) is 52.9 Å². The summed E-state index contributed by atoms with van der Waals surface area (Å²) in [5, 5.41) is 0. The molecule has 2 nitrogen and oxygen atoms in total. The number of hydrogen-bond donors (Lipinski definition) is 0. The van der Waals surface area contributed by atoms with Crippen LogP contribution in [0.2, 0.25) is 0 Å². The van der Waals surface area contributed by atoms with Gasteiger partial charge in [0.05, 0.1) is 12.2 Å². The molecule has 0 aliphatic carbocycles. The van der Waals surface area contributed by atoms with E-state index in [-0.39, 0.29) is 11.9 Å². The van der Waals surface area contributed by atoms with Gasteiger partial charge in [-0.2, -0.15) is 0 Å². The largest absolute Gasteiger partial charge is 0.353 e. The average molecular weight is 160 g/mol. The predicted octanol–water partition coefficient (Wildman–Crippen LogP) is 2.57. The fraction of sp³-hybridized carbons (Fsp3) is 1.00. The Bertz CT molecular complexity index is 99.7. The zero-order chi connectivity index (χ0) is 8.91. The van der Waals surface area contributed by atoms with Gasteiger partial charge in [-0.1, -0.05) is 13.8 Å². The zero-order valence-corrected chi connectivity index (χ0v) is 8.31. The second-order valence-electron chi connectivity index (χ2n) is 3.07. The lowest BCUT2D eigenvalue weighted by atomic mass is 10.1. The van der Waals surface area contributed by atoms with Crippen molar-refractivity contribution in [2.75, 3.05) is 6.61 Å². The number of rotatable bonds is 0. The van der Waals surface area contributed by atoms with Crippen molar-refractivity contribution in [1.82, 2.24) is 0 Å². The Morgan fingerprint density at radius 2 is 1.82 bits per heavy atom. The van der Waals surface area contributed by atoms with E-state index >= 15 is 0 Å². The maximum atomic E-state index is 5.45. The molecule has 0 N–H and O–H groups in total. The Morgan fingerprint density at radius 1 is 1.27 bits per heavy atom. The summed E-state index contributed by atoms with van der Waals surface area (Å²) in [6.45, 7) is 10.9. The van der Waals surface area contributed by atoms with Crippen LogP contribution in [0.4, 0.5) is 0 Å². The van der Waals surface area contributed by atoms with Crippen molar-refractivity contribution in [1.29, 1.82) is 0 Å². The van der Waals surface area contributed by atoms with Crippen LogP contribution in [0.15, 0.2) is 0 Å². The van der Waals surface area contributed by atoms with E-state index in [0.717, 1.165) is 13.0 Å². The van der Waals surface area contributed by atoms with E-state index in [4.69, 9.17) is 9.47 Å². The molecule has 1 aliphatic heterocycles. The fourth-order valence-electron chi connectivity index (χ4n) is 1.01. The molecule has 0 amide bonds. The van der Waals surface area contributed by atoms with Gasteiger partial charge in [-0.15, -0.1) is 0 Å². The van der Waals surface area contributed by atoms with Crippen LogP contribution >= 0.6 is 0 Å². The Labute approximate surface area is 69.9 Å². The van der Waals surface area contributed by atoms with Crippen LogP contribution in [0.25, 0.3) is 0 Å². The molecule has 1 unspecified atom stereocenters. The minimum atomic E-state index is -0.0197. The van der Waals surface area contributed by atoms with Crippen LogP contribution in [0.5, 0.6) is 0 Å². The third-order valence-corrected chi connectivity index (χ3v) is 1.54. The van der Waals surface area contributed by atoms with Crippen LogP contribution in [-0.2, 0) is 9.47 Å². The summed E-state index contributed by atoms with van der Waals surface area (Å²) in [6.07, 6.45) is 0.978. The lowest BCUT2D eigenvalue weighted by Gasteiger charge is -2.34. The smallest absolute Gasteiger partial charge is 0.155 e. The predicted molar refractivity (Wildman–Crippen MR) is 46.5 cm³/mol. The average Bonchev–Trinajstić information content (AvgIpc) is 1.89. The van der Waals surface area contributed by atoms with Crippen LogP contribution in [0.3, 0.4) is 0 Å². The Hall–Kier alpha value is -0.0800. The van der Waals surface area contributed by atoms with E-state index < -0.39 is 0 Å². The lowest BCUT2D eigenvalue weighted by molar-refractivity contribution is -0.235. The standard InChI is InChI=1S/C7H14O2.C2H6/c1-6-8-5-4-7(2,3)9-6;1-2/h6H,4-5H2,1-3H3;1-2H3. The quantitative estimate of drug-likeness (QED) is 0.542. The van der Waals surface area contributed by atoms with Crippen molar-refractivity contribution in [2.24, 2.45) is 0 Å². The highest BCUT2D eigenvalue weighted by Gasteiger charge is 2.26. The first-order valence-electron chi connectivity index (χ1n) is 4.40. The van der Waals surface area contributed by atoms with Gasteiger partial charge in [-0.05, 0) is 27.2 Å². The Balaban J connectivity index is 0.000000461. The molecule has 0 radical (unpaired) electrons. The summed E-state index contributed by atoms with van der Waals surface area (Å²) in [5.74, 6) is 0. The van der Waals surface area contributed by atoms with Crippen LogP contribution in [0.1, 0.15) is 41.0 Å². The highest BCUT2D eigenvalue weighted by Crippen LogP contribution is 2.21. The second kappa shape index (κ2) is 4.73. The molecule has 11 heavy (non-hydrogen) atoms. The first-order chi connectivity index (χ1) is 5.10. The van der Waals surface area contributed by atoms with Gasteiger partial charge >= 0.3 is 0 Å². The molecule has 1 rings (SSSR count). The highest BCUT2D eigenvalue weighted by molar-refractivity contribution is 4.71. The fourth-order valence-corrected chi connectivity index (χ4v) is 1.01. The van der Waals surface area contributed by atoms with Gasteiger partial charge in [0.1, 0.15) is 0 Å². The second-order valence-corrected chi connectivity index (χ2v) is 3.07. The molecule has 1 fully saturated rings. The lowest BCUT2D eigenvalue weighted by Crippen LogP contribution is -2.37. The van der Waals surface area contributed by atoms with Gasteiger partial charge < -0.3 is 9.47 Å². The molecule has 1 atom stereocenters. The van der Waals surface area contributed by atoms with Gasteiger partial charge in [0.2, 0.25) is 0 Å². The number of ether oxygens (including phenoxy) is 2. The van der Waals surface area contributed by atoms with Gasteiger partial charge in [0, 0.05) is 0 Å². The van der Waals surface area contributed by atoms with E-state index in [1.165, 1.54) is 0 Å². The molecule has 1 aliphatic rings. The minimum Gasteiger partial charge on any atom is -0.353 e. The maximum absolute atomic E-state index is 5.45. The monoisotopic (exact) mass is 160 g/mol. The molecule has 1 heterocycles. The molecule has 0 aromatic carbocycles. The first-order valence-corrected chi connectivity index (χ1v) is 4.40. The van der Waals surface area contributed by atoms with Crippen LogP contribution in [0, 0.1) is 0 Å². The molecule has 2 heteroatoms. The van der Waals surface area contributed by atoms with Crippen LogP contribution < -0.4 is 0 Å². The van der Waals surface area contributed by atoms with Crippen molar-refractivity contribution in [3.63, 3.8) is 0 Å². The molecule has 0 aromatic heterocycles. The Morgan fingerprint density at radius 3 is 2.09 bits per heavy atom. The normalized spacial score (nSPS) is 28.6. The van der Waals surface area contributed by atoms with E-state index in [0.29, 0.717) is 0 Å². The van der Waals surface area contributed by atoms with Gasteiger partial charge in [0.25, 0.3) is 0 Å². The van der Waals surface area contributed by atoms with Gasteiger partial charge in [0.15, 0.2) is 6.29 Å². The van der Waals surface area contributed by atoms with Gasteiger partial charge in [-0.25, -0.2) is 0 Å². The first kappa shape index (κ1) is 10.9. The summed E-state index contributed by atoms with van der Waals surface area (Å²) in [6, 6.07) is 0. The topological polar surface area (TPSA) is 18.5 Å². The van der Waals surface area contributed by atoms with Crippen LogP contribution in [-0.4, -0.2) is 18.5 Å². The van der Waals surface area contributed by atoms with Crippen molar-refractivity contribution in [3.05, 3.63) is 0 Å².